The van der Waals surface area contributed by atoms with Crippen LogP contribution < -0.4 is 5.32 Å². The van der Waals surface area contributed by atoms with Crippen LogP contribution in [0.15, 0.2) is 0 Å². The third-order valence-corrected chi connectivity index (χ3v) is 5.03. The van der Waals surface area contributed by atoms with Crippen molar-refractivity contribution in [2.75, 3.05) is 26.2 Å². The van der Waals surface area contributed by atoms with Gasteiger partial charge in [-0.1, -0.05) is 20.3 Å². The maximum Gasteiger partial charge on any atom is 0.225 e. The van der Waals surface area contributed by atoms with Crippen LogP contribution in [0, 0.1) is 17.8 Å². The van der Waals surface area contributed by atoms with E-state index in [9.17, 15) is 4.79 Å². The molecule has 2 N–H and O–H groups in total. The number of nitrogens with zero attached hydrogens (tertiary/aromatic N) is 1. The summed E-state index contributed by atoms with van der Waals surface area (Å²) in [6.45, 7) is 7.07. The van der Waals surface area contributed by atoms with Gasteiger partial charge in [-0.3, -0.25) is 4.79 Å². The first-order valence-electron chi connectivity index (χ1n) is 8.73. The lowest BCUT2D eigenvalue weighted by atomic mass is 9.84. The van der Waals surface area contributed by atoms with E-state index in [1.54, 1.807) is 0 Å². The molecule has 21 heavy (non-hydrogen) atoms. The van der Waals surface area contributed by atoms with Crippen molar-refractivity contribution in [3.05, 3.63) is 0 Å². The third kappa shape index (κ3) is 4.96. The second kappa shape index (κ2) is 8.14. The van der Waals surface area contributed by atoms with E-state index in [2.05, 4.69) is 10.2 Å². The smallest absolute Gasteiger partial charge is 0.225 e. The minimum Gasteiger partial charge on any atom is -0.396 e. The van der Waals surface area contributed by atoms with Crippen molar-refractivity contribution in [3.63, 3.8) is 0 Å². The molecule has 0 spiro atoms. The molecule has 2 atom stereocenters. The highest BCUT2D eigenvalue weighted by Gasteiger charge is 2.31. The first-order chi connectivity index (χ1) is 10.1. The van der Waals surface area contributed by atoms with E-state index in [1.165, 1.54) is 19.3 Å². The summed E-state index contributed by atoms with van der Waals surface area (Å²) in [5.41, 5.74) is 0. The number of hydrogen-bond acceptors (Lipinski definition) is 3. The Bertz CT molecular complexity index is 329. The van der Waals surface area contributed by atoms with Gasteiger partial charge in [0.15, 0.2) is 0 Å². The predicted molar refractivity (Wildman–Crippen MR) is 85.0 cm³/mol. The van der Waals surface area contributed by atoms with Crippen molar-refractivity contribution in [2.45, 2.75) is 58.4 Å². The monoisotopic (exact) mass is 296 g/mol. The number of rotatable bonds is 7. The SMILES string of the molecule is CC(C)C(=O)N1CC(CCCO)CC(NCC2CCC2)C1. The number of carbonyl (C=O) groups is 1. The summed E-state index contributed by atoms with van der Waals surface area (Å²) < 4.78 is 0. The Kier molecular flexibility index (Phi) is 6.49. The molecule has 4 nitrogen and oxygen atoms in total. The largest absolute Gasteiger partial charge is 0.396 e. The predicted octanol–water partition coefficient (Wildman–Crippen LogP) is 2.02. The van der Waals surface area contributed by atoms with Gasteiger partial charge in [-0.15, -0.1) is 0 Å². The zero-order valence-corrected chi connectivity index (χ0v) is 13.7. The first-order valence-corrected chi connectivity index (χ1v) is 8.73. The maximum atomic E-state index is 12.3. The fourth-order valence-electron chi connectivity index (χ4n) is 3.52. The van der Waals surface area contributed by atoms with Crippen molar-refractivity contribution in [3.8, 4) is 0 Å². The van der Waals surface area contributed by atoms with Crippen LogP contribution in [0.4, 0.5) is 0 Å². The lowest BCUT2D eigenvalue weighted by Gasteiger charge is -2.40. The molecule has 2 fully saturated rings. The van der Waals surface area contributed by atoms with Gasteiger partial charge in [0.25, 0.3) is 0 Å². The van der Waals surface area contributed by atoms with Gasteiger partial charge in [0, 0.05) is 31.7 Å². The Morgan fingerprint density at radius 3 is 2.62 bits per heavy atom. The minimum atomic E-state index is 0.0777. The van der Waals surface area contributed by atoms with Crippen molar-refractivity contribution in [2.24, 2.45) is 17.8 Å². The first kappa shape index (κ1) is 16.8. The van der Waals surface area contributed by atoms with Crippen LogP contribution >= 0.6 is 0 Å². The Balaban J connectivity index is 1.86. The van der Waals surface area contributed by atoms with Crippen molar-refractivity contribution in [1.82, 2.24) is 10.2 Å². The number of aliphatic hydroxyl groups is 1. The van der Waals surface area contributed by atoms with E-state index in [0.29, 0.717) is 12.0 Å². The van der Waals surface area contributed by atoms with Gasteiger partial charge in [-0.05, 0) is 50.5 Å². The number of amides is 1. The Labute approximate surface area is 129 Å². The average molecular weight is 296 g/mol. The summed E-state index contributed by atoms with van der Waals surface area (Å²) in [6.07, 6.45) is 7.14. The molecule has 2 rings (SSSR count). The number of nitrogens with one attached hydrogen (secondary N) is 1. The maximum absolute atomic E-state index is 12.3. The van der Waals surface area contributed by atoms with Gasteiger partial charge in [0.05, 0.1) is 0 Å². The topological polar surface area (TPSA) is 52.6 Å². The number of hydrogen-bond donors (Lipinski definition) is 2. The molecule has 0 aromatic rings. The molecule has 0 radical (unpaired) electrons. The number of carbonyl (C=O) groups excluding carboxylic acids is 1. The van der Waals surface area contributed by atoms with Crippen molar-refractivity contribution in [1.29, 1.82) is 0 Å². The van der Waals surface area contributed by atoms with Crippen LogP contribution in [0.2, 0.25) is 0 Å². The molecule has 2 aliphatic rings. The molecular weight excluding hydrogens is 264 g/mol. The number of piperidine rings is 1. The normalized spacial score (nSPS) is 27.0. The van der Waals surface area contributed by atoms with Crippen LogP contribution in [0.5, 0.6) is 0 Å². The Morgan fingerprint density at radius 2 is 2.05 bits per heavy atom. The highest BCUT2D eigenvalue weighted by Crippen LogP contribution is 2.27. The molecule has 4 heteroatoms. The number of aliphatic hydroxyl groups excluding tert-OH is 1. The molecule has 2 unspecified atom stereocenters. The molecule has 1 saturated carbocycles. The molecule has 0 bridgehead atoms. The molecule has 1 aliphatic carbocycles. The standard InChI is InChI=1S/C17H32N2O2/c1-13(2)17(21)19-11-15(7-4-8-20)9-16(12-19)18-10-14-5-3-6-14/h13-16,18,20H,3-12H2,1-2H3. The van der Waals surface area contributed by atoms with Crippen LogP contribution in [-0.4, -0.2) is 48.2 Å². The van der Waals surface area contributed by atoms with E-state index in [-0.39, 0.29) is 18.4 Å². The van der Waals surface area contributed by atoms with E-state index in [1.807, 2.05) is 13.8 Å². The summed E-state index contributed by atoms with van der Waals surface area (Å²) >= 11 is 0. The fourth-order valence-corrected chi connectivity index (χ4v) is 3.52. The van der Waals surface area contributed by atoms with Gasteiger partial charge in [-0.2, -0.15) is 0 Å². The summed E-state index contributed by atoms with van der Waals surface area (Å²) in [7, 11) is 0. The Hall–Kier alpha value is -0.610. The molecular formula is C17H32N2O2. The lowest BCUT2D eigenvalue weighted by Crippen LogP contribution is -2.53. The summed E-state index contributed by atoms with van der Waals surface area (Å²) in [4.78, 5) is 14.4. The van der Waals surface area contributed by atoms with Gasteiger partial charge in [0.2, 0.25) is 5.91 Å². The summed E-state index contributed by atoms with van der Waals surface area (Å²) in [5, 5.41) is 12.7. The fraction of sp³-hybridized carbons (Fsp3) is 0.941. The van der Waals surface area contributed by atoms with Gasteiger partial charge < -0.3 is 15.3 Å². The van der Waals surface area contributed by atoms with Crippen LogP contribution in [0.25, 0.3) is 0 Å². The Morgan fingerprint density at radius 1 is 1.29 bits per heavy atom. The highest BCUT2D eigenvalue weighted by atomic mass is 16.2. The van der Waals surface area contributed by atoms with Crippen molar-refractivity contribution < 1.29 is 9.90 Å². The molecule has 1 saturated heterocycles. The van der Waals surface area contributed by atoms with Gasteiger partial charge >= 0.3 is 0 Å². The van der Waals surface area contributed by atoms with E-state index in [0.717, 1.165) is 44.8 Å². The average Bonchev–Trinajstić information content (AvgIpc) is 2.42. The third-order valence-electron chi connectivity index (χ3n) is 5.03. The lowest BCUT2D eigenvalue weighted by molar-refractivity contribution is -0.137. The molecule has 0 aromatic carbocycles. The van der Waals surface area contributed by atoms with Gasteiger partial charge in [-0.25, -0.2) is 0 Å². The van der Waals surface area contributed by atoms with E-state index < -0.39 is 0 Å². The van der Waals surface area contributed by atoms with Crippen LogP contribution in [-0.2, 0) is 4.79 Å². The molecule has 122 valence electrons. The quantitative estimate of drug-likeness (QED) is 0.756. The second-order valence-corrected chi connectivity index (χ2v) is 7.27. The summed E-state index contributed by atoms with van der Waals surface area (Å²) in [5.74, 6) is 1.75. The molecule has 0 aromatic heterocycles. The van der Waals surface area contributed by atoms with E-state index in [4.69, 9.17) is 5.11 Å². The van der Waals surface area contributed by atoms with Gasteiger partial charge in [0.1, 0.15) is 0 Å². The highest BCUT2D eigenvalue weighted by molar-refractivity contribution is 5.78. The second-order valence-electron chi connectivity index (χ2n) is 7.27. The zero-order chi connectivity index (χ0) is 15.2. The van der Waals surface area contributed by atoms with E-state index >= 15 is 0 Å². The van der Waals surface area contributed by atoms with Crippen LogP contribution in [0.1, 0.15) is 52.4 Å². The zero-order valence-electron chi connectivity index (χ0n) is 13.7. The molecule has 1 amide bonds. The van der Waals surface area contributed by atoms with Crippen molar-refractivity contribution >= 4 is 5.91 Å². The summed E-state index contributed by atoms with van der Waals surface area (Å²) in [6, 6.07) is 0.436. The molecule has 1 aliphatic heterocycles. The van der Waals surface area contributed by atoms with Crippen LogP contribution in [0.3, 0.4) is 0 Å². The molecule has 1 heterocycles. The minimum absolute atomic E-state index is 0.0777. The number of likely N-dealkylation sites (tertiary alicyclic amines) is 1.